The van der Waals surface area contributed by atoms with Crippen molar-refractivity contribution in [2.45, 2.75) is 51.2 Å². The molecule has 0 saturated carbocycles. The van der Waals surface area contributed by atoms with Crippen LogP contribution in [0, 0.1) is 0 Å². The molecule has 9 nitrogen and oxygen atoms in total. The van der Waals surface area contributed by atoms with E-state index in [4.69, 9.17) is 14.2 Å². The number of hydrogen-bond donors (Lipinski definition) is 2. The van der Waals surface area contributed by atoms with Crippen molar-refractivity contribution in [1.82, 2.24) is 15.8 Å². The third-order valence-corrected chi connectivity index (χ3v) is 7.65. The Balaban J connectivity index is 1.66. The smallest absolute Gasteiger partial charge is 0.390 e. The lowest BCUT2D eigenvalue weighted by molar-refractivity contribution is -0.344. The Kier molecular flexibility index (Phi) is 12.8. The van der Waals surface area contributed by atoms with Crippen molar-refractivity contribution in [2.24, 2.45) is 0 Å². The number of rotatable bonds is 17. The highest BCUT2D eigenvalue weighted by molar-refractivity contribution is 5.84. The maximum atomic E-state index is 14.1. The average molecular weight is 638 g/mol. The number of ether oxygens (including phenoxy) is 3. The van der Waals surface area contributed by atoms with Crippen molar-refractivity contribution in [3.63, 3.8) is 0 Å². The van der Waals surface area contributed by atoms with Crippen LogP contribution in [0.3, 0.4) is 0 Å². The Hall–Kier alpha value is -4.83. The van der Waals surface area contributed by atoms with Gasteiger partial charge in [0.1, 0.15) is 17.9 Å². The van der Waals surface area contributed by atoms with Crippen LogP contribution in [0.25, 0.3) is 0 Å². The fourth-order valence-electron chi connectivity index (χ4n) is 5.55. The molecule has 4 rings (SSSR count). The number of amides is 2. The summed E-state index contributed by atoms with van der Waals surface area (Å²) in [5, 5.41) is 4.30. The summed E-state index contributed by atoms with van der Waals surface area (Å²) in [7, 11) is 0. The van der Waals surface area contributed by atoms with Crippen molar-refractivity contribution in [3.8, 4) is 0 Å². The highest BCUT2D eigenvalue weighted by atomic mass is 16.9. The van der Waals surface area contributed by atoms with Crippen molar-refractivity contribution in [1.29, 1.82) is 0 Å². The minimum Gasteiger partial charge on any atom is -0.390 e. The Morgan fingerprint density at radius 3 is 1.62 bits per heavy atom. The van der Waals surface area contributed by atoms with Gasteiger partial charge in [-0.25, -0.2) is 15.2 Å². The summed E-state index contributed by atoms with van der Waals surface area (Å²) in [6, 6.07) is 37.4. The molecule has 0 aromatic heterocycles. The van der Waals surface area contributed by atoms with Gasteiger partial charge in [-0.05, 0) is 42.5 Å². The Morgan fingerprint density at radius 1 is 0.745 bits per heavy atom. The van der Waals surface area contributed by atoms with Crippen LogP contribution in [0.15, 0.2) is 121 Å². The van der Waals surface area contributed by atoms with Crippen molar-refractivity contribution < 1.29 is 28.6 Å². The first-order valence-corrected chi connectivity index (χ1v) is 15.9. The van der Waals surface area contributed by atoms with E-state index in [2.05, 4.69) is 10.7 Å². The summed E-state index contributed by atoms with van der Waals surface area (Å²) in [5.41, 5.74) is 5.45. The van der Waals surface area contributed by atoms with Crippen LogP contribution in [-0.2, 0) is 35.8 Å². The Morgan fingerprint density at radius 2 is 1.19 bits per heavy atom. The predicted octanol–water partition coefficient (Wildman–Crippen LogP) is 5.98. The topological polar surface area (TPSA) is 106 Å². The van der Waals surface area contributed by atoms with Gasteiger partial charge in [-0.15, -0.1) is 0 Å². The van der Waals surface area contributed by atoms with Crippen LogP contribution in [0.2, 0.25) is 0 Å². The molecular weight excluding hydrogens is 594 g/mol. The standard InChI is InChI=1S/C38H43N3O6/c1-4-45-37(3,46-5-2)47-36(44)41(39-27-26-30-18-10-6-11-19-30)34(29-42)28-35(43)40-38(31-20-12-7-13-21-31,32-22-14-8-15-23-32)33-24-16-9-17-25-33/h6-25,29,34,39H,4-5,26-28H2,1-3H3,(H,40,43). The van der Waals surface area contributed by atoms with Gasteiger partial charge in [0, 0.05) is 13.5 Å². The summed E-state index contributed by atoms with van der Waals surface area (Å²) >= 11 is 0. The van der Waals surface area contributed by atoms with Crippen LogP contribution < -0.4 is 10.7 Å². The van der Waals surface area contributed by atoms with Gasteiger partial charge < -0.3 is 24.3 Å². The molecule has 0 bridgehead atoms. The van der Waals surface area contributed by atoms with Gasteiger partial charge in [0.25, 0.3) is 0 Å². The number of nitrogens with zero attached hydrogens (tertiary/aromatic N) is 1. The molecule has 0 fully saturated rings. The lowest BCUT2D eigenvalue weighted by Crippen LogP contribution is -2.56. The van der Waals surface area contributed by atoms with Crippen LogP contribution in [0.1, 0.15) is 49.4 Å². The van der Waals surface area contributed by atoms with Gasteiger partial charge >= 0.3 is 12.1 Å². The largest absolute Gasteiger partial charge is 0.429 e. The Labute approximate surface area is 276 Å². The SMILES string of the molecule is CCOC(C)(OCC)OC(=O)N(NCCc1ccccc1)C(C=O)CC(=O)NC(c1ccccc1)(c1ccccc1)c1ccccc1. The molecule has 246 valence electrons. The second-order valence-corrected chi connectivity index (χ2v) is 10.9. The quantitative estimate of drug-likeness (QED) is 0.0635. The molecule has 4 aromatic carbocycles. The lowest BCUT2D eigenvalue weighted by Gasteiger charge is -2.38. The number of carbonyl (C=O) groups is 3. The van der Waals surface area contributed by atoms with E-state index >= 15 is 0 Å². The normalized spacial score (nSPS) is 12.1. The van der Waals surface area contributed by atoms with Gasteiger partial charge in [-0.1, -0.05) is 121 Å². The summed E-state index contributed by atoms with van der Waals surface area (Å²) in [5.74, 6) is -2.16. The zero-order valence-electron chi connectivity index (χ0n) is 27.1. The molecule has 0 aliphatic rings. The highest BCUT2D eigenvalue weighted by Gasteiger charge is 2.40. The lowest BCUT2D eigenvalue weighted by atomic mass is 9.77. The van der Waals surface area contributed by atoms with Crippen LogP contribution in [0.4, 0.5) is 4.79 Å². The third-order valence-electron chi connectivity index (χ3n) is 7.65. The molecule has 1 unspecified atom stereocenters. The van der Waals surface area contributed by atoms with Crippen LogP contribution in [-0.4, -0.2) is 55.1 Å². The molecule has 9 heteroatoms. The average Bonchev–Trinajstić information content (AvgIpc) is 3.10. The maximum Gasteiger partial charge on any atom is 0.429 e. The molecule has 2 N–H and O–H groups in total. The second-order valence-electron chi connectivity index (χ2n) is 10.9. The number of hydrogen-bond acceptors (Lipinski definition) is 7. The number of carbonyl (C=O) groups excluding carboxylic acids is 3. The predicted molar refractivity (Wildman–Crippen MR) is 180 cm³/mol. The van der Waals surface area contributed by atoms with E-state index in [1.165, 1.54) is 6.92 Å². The molecular formula is C38H43N3O6. The van der Waals surface area contributed by atoms with Gasteiger partial charge in [-0.2, -0.15) is 0 Å². The second kappa shape index (κ2) is 17.2. The minimum absolute atomic E-state index is 0.214. The molecule has 4 aromatic rings. The molecule has 2 amide bonds. The van der Waals surface area contributed by atoms with Gasteiger partial charge in [-0.3, -0.25) is 4.79 Å². The Bertz CT molecular complexity index is 1430. The van der Waals surface area contributed by atoms with Gasteiger partial charge in [0.05, 0.1) is 19.6 Å². The van der Waals surface area contributed by atoms with Gasteiger partial charge in [0.2, 0.25) is 5.91 Å². The zero-order chi connectivity index (χ0) is 33.5. The highest BCUT2D eigenvalue weighted by Crippen LogP contribution is 2.37. The minimum atomic E-state index is -1.70. The monoisotopic (exact) mass is 637 g/mol. The summed E-state index contributed by atoms with van der Waals surface area (Å²) in [4.78, 5) is 40.5. The molecule has 0 aliphatic heterocycles. The van der Waals surface area contributed by atoms with E-state index < -0.39 is 29.6 Å². The number of benzene rings is 4. The molecule has 1 atom stereocenters. The maximum absolute atomic E-state index is 14.1. The summed E-state index contributed by atoms with van der Waals surface area (Å²) < 4.78 is 16.8. The van der Waals surface area contributed by atoms with Crippen LogP contribution >= 0.6 is 0 Å². The van der Waals surface area contributed by atoms with Crippen molar-refractivity contribution in [3.05, 3.63) is 144 Å². The molecule has 0 heterocycles. The summed E-state index contributed by atoms with van der Waals surface area (Å²) in [6.07, 6.45) is -0.168. The molecule has 0 saturated heterocycles. The number of nitrogens with one attached hydrogen (secondary N) is 2. The number of aldehydes is 1. The van der Waals surface area contributed by atoms with Crippen LogP contribution in [0.5, 0.6) is 0 Å². The molecule has 47 heavy (non-hydrogen) atoms. The third kappa shape index (κ3) is 9.13. The molecule has 0 radical (unpaired) electrons. The van der Waals surface area contributed by atoms with E-state index in [-0.39, 0.29) is 26.2 Å². The fourth-order valence-corrected chi connectivity index (χ4v) is 5.55. The van der Waals surface area contributed by atoms with E-state index in [9.17, 15) is 14.4 Å². The first-order chi connectivity index (χ1) is 22.8. The first-order valence-electron chi connectivity index (χ1n) is 15.9. The fraction of sp³-hybridized carbons (Fsp3) is 0.289. The van der Waals surface area contributed by atoms with E-state index in [1.54, 1.807) is 13.8 Å². The van der Waals surface area contributed by atoms with Crippen molar-refractivity contribution in [2.75, 3.05) is 19.8 Å². The van der Waals surface area contributed by atoms with Gasteiger partial charge in [0.15, 0.2) is 0 Å². The van der Waals surface area contributed by atoms with E-state index in [1.807, 2.05) is 121 Å². The van der Waals surface area contributed by atoms with E-state index in [0.717, 1.165) is 27.3 Å². The molecule has 0 spiro atoms. The van der Waals surface area contributed by atoms with E-state index in [0.29, 0.717) is 12.7 Å². The number of hydrazine groups is 1. The van der Waals surface area contributed by atoms with Crippen molar-refractivity contribution >= 4 is 18.3 Å². The first kappa shape index (κ1) is 35.0. The molecule has 0 aliphatic carbocycles. The zero-order valence-corrected chi connectivity index (χ0v) is 27.1. The summed E-state index contributed by atoms with van der Waals surface area (Å²) in [6.45, 7) is 5.69.